The van der Waals surface area contributed by atoms with Crippen molar-refractivity contribution >= 4 is 22.4 Å². The Hall–Kier alpha value is -4.23. The highest BCUT2D eigenvalue weighted by Gasteiger charge is 2.19. The second-order valence-corrected chi connectivity index (χ2v) is 9.48. The van der Waals surface area contributed by atoms with E-state index >= 15 is 0 Å². The first-order chi connectivity index (χ1) is 18.2. The number of piperidine rings is 1. The molecule has 1 aliphatic carbocycles. The molecule has 7 heteroatoms. The predicted molar refractivity (Wildman–Crippen MR) is 148 cm³/mol. The number of rotatable bonds is 5. The minimum absolute atomic E-state index is 0.267. The highest BCUT2D eigenvalue weighted by atomic mass is 16.5. The number of methoxy groups -OCH3 is 1. The average Bonchev–Trinajstić information content (AvgIpc) is 2.94. The van der Waals surface area contributed by atoms with Crippen LogP contribution in [-0.4, -0.2) is 52.7 Å². The minimum Gasteiger partial charge on any atom is -0.480 e. The van der Waals surface area contributed by atoms with E-state index in [1.807, 2.05) is 24.3 Å². The number of likely N-dealkylation sites (tertiary alicyclic amines) is 1. The quantitative estimate of drug-likeness (QED) is 0.340. The summed E-state index contributed by atoms with van der Waals surface area (Å²) in [4.78, 5) is 17.1. The molecule has 1 saturated heterocycles. The third-order valence-electron chi connectivity index (χ3n) is 6.96. The molecule has 3 aliphatic rings. The van der Waals surface area contributed by atoms with Gasteiger partial charge in [0.15, 0.2) is 0 Å². The van der Waals surface area contributed by atoms with Crippen molar-refractivity contribution in [2.75, 3.05) is 32.6 Å². The standard InChI is InChI=1S/C30H30N6O/c1-35-17-14-21(15-18-35)32-26-20-29-27(19-25(26)34-24-12-8-16-31-30(24)37-2)33-23-11-6-7-13-28(23)36(29)22-9-4-3-5-10-22/h3-13,16,19-21,34H,14-15,17-18H2,1-2H3. The number of hydrogen-bond donors (Lipinski definition) is 1. The number of pyridine rings is 1. The Balaban J connectivity index is 1.60. The van der Waals surface area contributed by atoms with E-state index in [0.29, 0.717) is 5.88 Å². The zero-order valence-corrected chi connectivity index (χ0v) is 21.1. The molecule has 7 nitrogen and oxygen atoms in total. The number of nitrogens with zero attached hydrogens (tertiary/aromatic N) is 5. The molecule has 0 atom stereocenters. The van der Waals surface area contributed by atoms with E-state index < -0.39 is 0 Å². The average molecular weight is 491 g/mol. The molecule has 0 unspecified atom stereocenters. The van der Waals surface area contributed by atoms with Gasteiger partial charge in [0, 0.05) is 11.9 Å². The van der Waals surface area contributed by atoms with Crippen LogP contribution in [0.25, 0.3) is 28.1 Å². The molecule has 186 valence electrons. The van der Waals surface area contributed by atoms with E-state index in [4.69, 9.17) is 14.7 Å². The van der Waals surface area contributed by atoms with Crippen LogP contribution in [0.5, 0.6) is 5.88 Å². The molecule has 0 spiro atoms. The lowest BCUT2D eigenvalue weighted by atomic mass is 10.1. The van der Waals surface area contributed by atoms with Crippen LogP contribution >= 0.6 is 0 Å². The van der Waals surface area contributed by atoms with Gasteiger partial charge in [0.1, 0.15) is 5.69 Å². The van der Waals surface area contributed by atoms with E-state index in [1.165, 1.54) is 0 Å². The van der Waals surface area contributed by atoms with E-state index in [1.54, 1.807) is 13.3 Å². The Labute approximate surface area is 216 Å². The van der Waals surface area contributed by atoms with Crippen LogP contribution in [0.2, 0.25) is 0 Å². The zero-order chi connectivity index (χ0) is 25.2. The molecule has 3 heterocycles. The molecular formula is C30H30N6O. The largest absolute Gasteiger partial charge is 0.480 e. The Bertz CT molecular complexity index is 1570. The molecule has 0 radical (unpaired) electrons. The third kappa shape index (κ3) is 4.66. The fourth-order valence-electron chi connectivity index (χ4n) is 5.02. The van der Waals surface area contributed by atoms with E-state index in [9.17, 15) is 0 Å². The molecule has 1 aromatic heterocycles. The SMILES string of the molecule is COc1ncccc1Nc1cc2nc3ccccc3n(-c3ccccc3)c-2cc1=NC1CCN(C)CC1. The van der Waals surface area contributed by atoms with Gasteiger partial charge in [-0.25, -0.2) is 9.97 Å². The van der Waals surface area contributed by atoms with Crippen molar-refractivity contribution in [1.82, 2.24) is 19.4 Å². The van der Waals surface area contributed by atoms with Gasteiger partial charge < -0.3 is 19.5 Å². The van der Waals surface area contributed by atoms with Gasteiger partial charge in [0.2, 0.25) is 5.88 Å². The molecule has 1 fully saturated rings. The Morgan fingerprint density at radius 2 is 1.70 bits per heavy atom. The zero-order valence-electron chi connectivity index (χ0n) is 21.1. The highest BCUT2D eigenvalue weighted by Crippen LogP contribution is 2.31. The van der Waals surface area contributed by atoms with Gasteiger partial charge in [-0.3, -0.25) is 4.99 Å². The number of benzene rings is 3. The Morgan fingerprint density at radius 3 is 2.51 bits per heavy atom. The van der Waals surface area contributed by atoms with Gasteiger partial charge in [-0.2, -0.15) is 0 Å². The van der Waals surface area contributed by atoms with Gasteiger partial charge in [-0.05, 0) is 81.5 Å². The number of hydrogen-bond acceptors (Lipinski definition) is 6. The summed E-state index contributed by atoms with van der Waals surface area (Å²) in [7, 11) is 3.81. The summed E-state index contributed by atoms with van der Waals surface area (Å²) in [5.74, 6) is 0.540. The molecule has 6 rings (SSSR count). The van der Waals surface area contributed by atoms with Gasteiger partial charge in [-0.15, -0.1) is 0 Å². The van der Waals surface area contributed by atoms with Crippen LogP contribution in [0.3, 0.4) is 0 Å². The van der Waals surface area contributed by atoms with Gasteiger partial charge in [0.25, 0.3) is 0 Å². The second kappa shape index (κ2) is 10.0. The summed E-state index contributed by atoms with van der Waals surface area (Å²) in [6, 6.07) is 27.1. The topological polar surface area (TPSA) is 67.6 Å². The predicted octanol–water partition coefficient (Wildman–Crippen LogP) is 5.27. The maximum Gasteiger partial charge on any atom is 0.237 e. The van der Waals surface area contributed by atoms with Crippen molar-refractivity contribution in [3.05, 3.63) is 90.4 Å². The molecule has 2 aromatic carbocycles. The fraction of sp³-hybridized carbons (Fsp3) is 0.233. The van der Waals surface area contributed by atoms with Crippen molar-refractivity contribution in [2.24, 2.45) is 4.99 Å². The first-order valence-corrected chi connectivity index (χ1v) is 12.7. The van der Waals surface area contributed by atoms with E-state index in [-0.39, 0.29) is 6.04 Å². The molecule has 2 aliphatic heterocycles. The number of fused-ring (bicyclic) bond motifs is 2. The second-order valence-electron chi connectivity index (χ2n) is 9.48. The Morgan fingerprint density at radius 1 is 0.919 bits per heavy atom. The number of anilines is 2. The van der Waals surface area contributed by atoms with E-state index in [0.717, 1.165) is 70.8 Å². The summed E-state index contributed by atoms with van der Waals surface area (Å²) in [6.07, 6.45) is 3.81. The number of ether oxygens (including phenoxy) is 1. The lowest BCUT2D eigenvalue weighted by Crippen LogP contribution is -2.33. The summed E-state index contributed by atoms with van der Waals surface area (Å²) in [5.41, 5.74) is 6.66. The Kier molecular flexibility index (Phi) is 6.28. The van der Waals surface area contributed by atoms with Gasteiger partial charge in [0.05, 0.1) is 46.6 Å². The molecule has 3 aromatic rings. The van der Waals surface area contributed by atoms with Crippen LogP contribution in [0.4, 0.5) is 11.4 Å². The number of para-hydroxylation sites is 3. The highest BCUT2D eigenvalue weighted by molar-refractivity contribution is 5.84. The third-order valence-corrected chi connectivity index (χ3v) is 6.96. The summed E-state index contributed by atoms with van der Waals surface area (Å²) < 4.78 is 7.79. The van der Waals surface area contributed by atoms with Gasteiger partial charge >= 0.3 is 0 Å². The van der Waals surface area contributed by atoms with Crippen molar-refractivity contribution < 1.29 is 4.74 Å². The molecular weight excluding hydrogens is 460 g/mol. The fourth-order valence-corrected chi connectivity index (χ4v) is 5.02. The molecule has 0 amide bonds. The normalized spacial score (nSPS) is 15.4. The summed E-state index contributed by atoms with van der Waals surface area (Å²) in [5, 5.41) is 4.46. The number of nitrogens with one attached hydrogen (secondary N) is 1. The number of aromatic nitrogens is 3. The lowest BCUT2D eigenvalue weighted by Gasteiger charge is -2.27. The van der Waals surface area contributed by atoms with Crippen molar-refractivity contribution in [2.45, 2.75) is 18.9 Å². The maximum atomic E-state index is 5.51. The monoisotopic (exact) mass is 490 g/mol. The summed E-state index contributed by atoms with van der Waals surface area (Å²) >= 11 is 0. The smallest absolute Gasteiger partial charge is 0.237 e. The molecule has 1 N–H and O–H groups in total. The van der Waals surface area contributed by atoms with Crippen LogP contribution < -0.4 is 15.4 Å². The van der Waals surface area contributed by atoms with Crippen LogP contribution in [0.1, 0.15) is 12.8 Å². The lowest BCUT2D eigenvalue weighted by molar-refractivity contribution is 0.255. The van der Waals surface area contributed by atoms with Crippen LogP contribution in [0.15, 0.2) is 90.1 Å². The first kappa shape index (κ1) is 23.2. The maximum absolute atomic E-state index is 5.51. The molecule has 0 bridgehead atoms. The minimum atomic E-state index is 0.267. The van der Waals surface area contributed by atoms with E-state index in [2.05, 4.69) is 81.4 Å². The molecule has 0 saturated carbocycles. The molecule has 37 heavy (non-hydrogen) atoms. The van der Waals surface area contributed by atoms with Crippen LogP contribution in [0, 0.1) is 0 Å². The van der Waals surface area contributed by atoms with Crippen LogP contribution in [-0.2, 0) is 0 Å². The van der Waals surface area contributed by atoms with Gasteiger partial charge in [-0.1, -0.05) is 30.3 Å². The first-order valence-electron chi connectivity index (χ1n) is 12.7. The van der Waals surface area contributed by atoms with Crippen molar-refractivity contribution in [3.8, 4) is 23.0 Å². The van der Waals surface area contributed by atoms with Crippen molar-refractivity contribution in [1.29, 1.82) is 0 Å². The summed E-state index contributed by atoms with van der Waals surface area (Å²) in [6.45, 7) is 2.11. The van der Waals surface area contributed by atoms with Crippen molar-refractivity contribution in [3.63, 3.8) is 0 Å².